The molecule has 8 nitrogen and oxygen atoms in total. The molecule has 0 unspecified atom stereocenters. The number of alkyl carbamates (subject to hydrolysis) is 1. The van der Waals surface area contributed by atoms with Crippen LogP contribution < -0.4 is 10.6 Å². The second-order valence-corrected chi connectivity index (χ2v) is 8.22. The third-order valence-corrected chi connectivity index (χ3v) is 4.57. The Bertz CT molecular complexity index is 665. The lowest BCUT2D eigenvalue weighted by molar-refractivity contribution is 0.0507. The average Bonchev–Trinajstić information content (AvgIpc) is 3.16. The summed E-state index contributed by atoms with van der Waals surface area (Å²) in [4.78, 5) is 18.9. The average molecular weight is 521 g/mol. The van der Waals surface area contributed by atoms with Crippen molar-refractivity contribution in [2.75, 3.05) is 26.2 Å². The van der Waals surface area contributed by atoms with Crippen LogP contribution in [0.25, 0.3) is 0 Å². The Hall–Kier alpha value is -1.52. The number of nitrogens with one attached hydrogen (secondary N) is 2. The van der Waals surface area contributed by atoms with Crippen LogP contribution in [0.3, 0.4) is 0 Å². The Balaban J connectivity index is 0.00000420. The number of hydrogen-bond acceptors (Lipinski definition) is 5. The molecule has 1 aromatic rings. The highest BCUT2D eigenvalue weighted by atomic mass is 127. The molecule has 1 fully saturated rings. The quantitative estimate of drug-likeness (QED) is 0.258. The van der Waals surface area contributed by atoms with Crippen molar-refractivity contribution in [3.8, 4) is 0 Å². The number of aromatic nitrogens is 1. The number of nitrogens with zero attached hydrogens (tertiary/aromatic N) is 3. The molecule has 0 aromatic carbocycles. The van der Waals surface area contributed by atoms with Crippen LogP contribution in [0, 0.1) is 13.8 Å². The lowest BCUT2D eigenvalue weighted by atomic mass is 10.1. The molecule has 29 heavy (non-hydrogen) atoms. The molecular weight excluding hydrogens is 485 g/mol. The van der Waals surface area contributed by atoms with Crippen molar-refractivity contribution >= 4 is 36.0 Å². The fourth-order valence-electron chi connectivity index (χ4n) is 3.27. The molecule has 2 rings (SSSR count). The largest absolute Gasteiger partial charge is 0.444 e. The number of guanidine groups is 1. The predicted octanol–water partition coefficient (Wildman–Crippen LogP) is 3.41. The number of aryl methyl sites for hydroxylation is 2. The molecule has 0 radical (unpaired) electrons. The Morgan fingerprint density at radius 3 is 2.69 bits per heavy atom. The number of hydrogen-bond donors (Lipinski definition) is 2. The third kappa shape index (κ3) is 8.39. The highest BCUT2D eigenvalue weighted by Gasteiger charge is 2.27. The minimum absolute atomic E-state index is 0. The van der Waals surface area contributed by atoms with Gasteiger partial charge in [-0.3, -0.25) is 4.99 Å². The number of halogens is 1. The van der Waals surface area contributed by atoms with Gasteiger partial charge in [0.1, 0.15) is 11.4 Å². The summed E-state index contributed by atoms with van der Waals surface area (Å²) < 4.78 is 10.6. The normalized spacial score (nSPS) is 17.1. The molecule has 9 heteroatoms. The van der Waals surface area contributed by atoms with E-state index >= 15 is 0 Å². The summed E-state index contributed by atoms with van der Waals surface area (Å²) in [5.41, 5.74) is 1.66. The number of rotatable bonds is 6. The number of carbonyl (C=O) groups is 1. The van der Waals surface area contributed by atoms with Crippen molar-refractivity contribution in [3.63, 3.8) is 0 Å². The molecule has 1 aliphatic rings. The van der Waals surface area contributed by atoms with Gasteiger partial charge in [-0.2, -0.15) is 0 Å². The summed E-state index contributed by atoms with van der Waals surface area (Å²) in [5.74, 6) is 1.79. The highest BCUT2D eigenvalue weighted by Crippen LogP contribution is 2.15. The number of carbonyl (C=O) groups excluding carboxylic acids is 1. The number of ether oxygens (including phenoxy) is 1. The van der Waals surface area contributed by atoms with Crippen LogP contribution in [0.2, 0.25) is 0 Å². The van der Waals surface area contributed by atoms with Crippen molar-refractivity contribution in [1.29, 1.82) is 0 Å². The van der Waals surface area contributed by atoms with E-state index in [2.05, 4.69) is 27.6 Å². The Morgan fingerprint density at radius 1 is 1.38 bits per heavy atom. The van der Waals surface area contributed by atoms with Crippen LogP contribution in [0.15, 0.2) is 9.52 Å². The van der Waals surface area contributed by atoms with Crippen molar-refractivity contribution in [2.24, 2.45) is 4.99 Å². The summed E-state index contributed by atoms with van der Waals surface area (Å²) in [7, 11) is 0. The molecule has 1 atom stereocenters. The minimum atomic E-state index is -0.486. The van der Waals surface area contributed by atoms with E-state index in [-0.39, 0.29) is 36.1 Å². The second kappa shape index (κ2) is 11.6. The number of aliphatic imine (C=N–C) groups is 1. The van der Waals surface area contributed by atoms with Gasteiger partial charge in [-0.1, -0.05) is 5.16 Å². The molecule has 0 aliphatic carbocycles. The maximum atomic E-state index is 12.0. The maximum absolute atomic E-state index is 12.0. The Labute approximate surface area is 191 Å². The van der Waals surface area contributed by atoms with Crippen LogP contribution >= 0.6 is 24.0 Å². The summed E-state index contributed by atoms with van der Waals surface area (Å²) in [6, 6.07) is 0.0704. The van der Waals surface area contributed by atoms with Crippen LogP contribution in [0.5, 0.6) is 0 Å². The van der Waals surface area contributed by atoms with Crippen molar-refractivity contribution in [1.82, 2.24) is 20.7 Å². The van der Waals surface area contributed by atoms with Crippen LogP contribution in [-0.4, -0.2) is 59.9 Å². The van der Waals surface area contributed by atoms with Gasteiger partial charge in [0.15, 0.2) is 5.96 Å². The van der Waals surface area contributed by atoms with Crippen molar-refractivity contribution in [2.45, 2.75) is 72.4 Å². The monoisotopic (exact) mass is 521 g/mol. The molecule has 1 aromatic heterocycles. The maximum Gasteiger partial charge on any atom is 0.407 e. The van der Waals surface area contributed by atoms with Gasteiger partial charge in [0.25, 0.3) is 0 Å². The van der Waals surface area contributed by atoms with Gasteiger partial charge in [-0.15, -0.1) is 24.0 Å². The van der Waals surface area contributed by atoms with Gasteiger partial charge in [0.05, 0.1) is 11.7 Å². The molecule has 0 saturated carbocycles. The zero-order chi connectivity index (χ0) is 20.7. The van der Waals surface area contributed by atoms with Crippen LogP contribution in [0.4, 0.5) is 4.79 Å². The second-order valence-electron chi connectivity index (χ2n) is 8.22. The van der Waals surface area contributed by atoms with Gasteiger partial charge in [0, 0.05) is 31.7 Å². The van der Waals surface area contributed by atoms with Gasteiger partial charge in [-0.25, -0.2) is 4.79 Å². The van der Waals surface area contributed by atoms with E-state index in [0.717, 1.165) is 62.9 Å². The summed E-state index contributed by atoms with van der Waals surface area (Å²) in [6.07, 6.45) is 2.36. The van der Waals surface area contributed by atoms with E-state index in [0.29, 0.717) is 0 Å². The van der Waals surface area contributed by atoms with Crippen LogP contribution in [0.1, 0.15) is 57.6 Å². The van der Waals surface area contributed by atoms with Gasteiger partial charge >= 0.3 is 6.09 Å². The highest BCUT2D eigenvalue weighted by molar-refractivity contribution is 14.0. The molecule has 2 heterocycles. The van der Waals surface area contributed by atoms with Crippen LogP contribution in [-0.2, 0) is 11.2 Å². The molecule has 0 spiro atoms. The standard InChI is InChI=1S/C20H35N5O3.HI/c1-7-21-18(22-11-8-9-17-14(2)24-28-15(17)3)25-12-10-16(13-25)23-19(26)27-20(4,5)6;/h16H,7-13H2,1-6H3,(H,21,22)(H,23,26);1H/t16-;/m1./s1. The smallest absolute Gasteiger partial charge is 0.407 e. The SMILES string of the molecule is CCNC(=NCCCc1c(C)noc1C)N1CC[C@@H](NC(=O)OC(C)(C)C)C1.I. The van der Waals surface area contributed by atoms with Gasteiger partial charge in [0.2, 0.25) is 0 Å². The third-order valence-electron chi connectivity index (χ3n) is 4.57. The Morgan fingerprint density at radius 2 is 2.10 bits per heavy atom. The summed E-state index contributed by atoms with van der Waals surface area (Å²) in [5, 5.41) is 10.3. The molecule has 1 amide bonds. The van der Waals surface area contributed by atoms with E-state index in [4.69, 9.17) is 14.3 Å². The van der Waals surface area contributed by atoms with Crippen molar-refractivity contribution in [3.05, 3.63) is 17.0 Å². The summed E-state index contributed by atoms with van der Waals surface area (Å²) >= 11 is 0. The lowest BCUT2D eigenvalue weighted by Gasteiger charge is -2.23. The molecule has 0 bridgehead atoms. The van der Waals surface area contributed by atoms with Crippen molar-refractivity contribution < 1.29 is 14.1 Å². The molecule has 166 valence electrons. The Kier molecular flexibility index (Phi) is 10.2. The zero-order valence-electron chi connectivity index (χ0n) is 18.5. The van der Waals surface area contributed by atoms with E-state index in [9.17, 15) is 4.79 Å². The molecular formula is C20H36IN5O3. The fraction of sp³-hybridized carbons (Fsp3) is 0.750. The van der Waals surface area contributed by atoms with Gasteiger partial charge < -0.3 is 24.8 Å². The lowest BCUT2D eigenvalue weighted by Crippen LogP contribution is -2.44. The van der Waals surface area contributed by atoms with Gasteiger partial charge in [-0.05, 0) is 60.8 Å². The first-order valence-electron chi connectivity index (χ1n) is 10.1. The summed E-state index contributed by atoms with van der Waals surface area (Å²) in [6.45, 7) is 14.7. The van der Waals surface area contributed by atoms with E-state index in [1.54, 1.807) is 0 Å². The molecule has 1 aliphatic heterocycles. The minimum Gasteiger partial charge on any atom is -0.444 e. The molecule has 2 N–H and O–H groups in total. The number of likely N-dealkylation sites (tertiary alicyclic amines) is 1. The van der Waals surface area contributed by atoms with E-state index in [1.165, 1.54) is 5.56 Å². The first kappa shape index (κ1) is 25.5. The number of amides is 1. The molecule has 1 saturated heterocycles. The van der Waals surface area contributed by atoms with E-state index < -0.39 is 5.60 Å². The first-order valence-corrected chi connectivity index (χ1v) is 10.1. The predicted molar refractivity (Wildman–Crippen MR) is 125 cm³/mol. The zero-order valence-corrected chi connectivity index (χ0v) is 20.8. The topological polar surface area (TPSA) is 92.0 Å². The first-order chi connectivity index (χ1) is 13.2. The fourth-order valence-corrected chi connectivity index (χ4v) is 3.27. The van der Waals surface area contributed by atoms with E-state index in [1.807, 2.05) is 34.6 Å².